The highest BCUT2D eigenvalue weighted by Crippen LogP contribution is 2.17. The lowest BCUT2D eigenvalue weighted by molar-refractivity contribution is -0.0596. The molecule has 0 amide bonds. The zero-order valence-corrected chi connectivity index (χ0v) is 13.3. The average molecular weight is 270 g/mol. The Morgan fingerprint density at radius 2 is 1.63 bits per heavy atom. The highest BCUT2D eigenvalue weighted by Gasteiger charge is 2.20. The zero-order valence-electron chi connectivity index (χ0n) is 13.3. The third-order valence-electron chi connectivity index (χ3n) is 3.60. The van der Waals surface area contributed by atoms with Crippen LogP contribution in [0.5, 0.6) is 0 Å². The van der Waals surface area contributed by atoms with Gasteiger partial charge in [-0.3, -0.25) is 0 Å². The van der Waals surface area contributed by atoms with E-state index in [1.165, 1.54) is 38.5 Å². The van der Waals surface area contributed by atoms with Crippen molar-refractivity contribution in [3.05, 3.63) is 12.7 Å². The molecule has 0 radical (unpaired) electrons. The molecule has 0 saturated carbocycles. The second-order valence-corrected chi connectivity index (χ2v) is 5.19. The summed E-state index contributed by atoms with van der Waals surface area (Å²) in [6, 6.07) is 0. The summed E-state index contributed by atoms with van der Waals surface area (Å²) >= 11 is 0. The van der Waals surface area contributed by atoms with Crippen molar-refractivity contribution < 1.29 is 9.47 Å². The van der Waals surface area contributed by atoms with E-state index in [-0.39, 0.29) is 12.2 Å². The van der Waals surface area contributed by atoms with Crippen LogP contribution in [0.4, 0.5) is 0 Å². The molecule has 19 heavy (non-hydrogen) atoms. The van der Waals surface area contributed by atoms with Gasteiger partial charge in [0.1, 0.15) is 0 Å². The Bertz CT molecular complexity index is 192. The highest BCUT2D eigenvalue weighted by atomic mass is 16.5. The first-order chi connectivity index (χ1) is 9.29. The summed E-state index contributed by atoms with van der Waals surface area (Å²) in [5, 5.41) is 0. The Labute approximate surface area is 120 Å². The Kier molecular flexibility index (Phi) is 13.8. The van der Waals surface area contributed by atoms with Crippen molar-refractivity contribution in [1.29, 1.82) is 0 Å². The van der Waals surface area contributed by atoms with Crippen LogP contribution in [0.25, 0.3) is 0 Å². The van der Waals surface area contributed by atoms with Gasteiger partial charge in [0, 0.05) is 13.7 Å². The van der Waals surface area contributed by atoms with Crippen LogP contribution in [0.1, 0.15) is 71.6 Å². The molecule has 0 aliphatic carbocycles. The van der Waals surface area contributed by atoms with Crippen molar-refractivity contribution in [3.63, 3.8) is 0 Å². The first-order valence-electron chi connectivity index (χ1n) is 8.05. The smallest absolute Gasteiger partial charge is 0.0839 e. The fourth-order valence-electron chi connectivity index (χ4n) is 2.45. The summed E-state index contributed by atoms with van der Waals surface area (Å²) in [7, 11) is 1.81. The minimum absolute atomic E-state index is 0.226. The number of allylic oxidation sites excluding steroid dienone is 1. The molecule has 0 aromatic heterocycles. The topological polar surface area (TPSA) is 18.5 Å². The third-order valence-corrected chi connectivity index (χ3v) is 3.60. The van der Waals surface area contributed by atoms with Crippen molar-refractivity contribution in [3.8, 4) is 0 Å². The normalized spacial score (nSPS) is 14.3. The fraction of sp³-hybridized carbons (Fsp3) is 0.882. The maximum atomic E-state index is 5.82. The third kappa shape index (κ3) is 10.1. The summed E-state index contributed by atoms with van der Waals surface area (Å²) < 4.78 is 11.5. The lowest BCUT2D eigenvalue weighted by Crippen LogP contribution is -2.31. The SMILES string of the molecule is C=CCCC(OCC)C(CCCCCCCC)OC. The maximum absolute atomic E-state index is 5.82. The Morgan fingerprint density at radius 1 is 0.947 bits per heavy atom. The van der Waals surface area contributed by atoms with E-state index in [1.807, 2.05) is 13.2 Å². The number of hydrogen-bond donors (Lipinski definition) is 0. The predicted molar refractivity (Wildman–Crippen MR) is 83.6 cm³/mol. The number of rotatable bonds is 14. The van der Waals surface area contributed by atoms with Crippen molar-refractivity contribution >= 4 is 0 Å². The van der Waals surface area contributed by atoms with Crippen LogP contribution in [-0.2, 0) is 9.47 Å². The van der Waals surface area contributed by atoms with Gasteiger partial charge in [-0.25, -0.2) is 0 Å². The molecule has 114 valence electrons. The van der Waals surface area contributed by atoms with Crippen LogP contribution in [0.2, 0.25) is 0 Å². The molecule has 0 saturated heterocycles. The van der Waals surface area contributed by atoms with Gasteiger partial charge in [-0.15, -0.1) is 6.58 Å². The largest absolute Gasteiger partial charge is 0.379 e. The molecule has 0 N–H and O–H groups in total. The second-order valence-electron chi connectivity index (χ2n) is 5.19. The summed E-state index contributed by atoms with van der Waals surface area (Å²) in [6.07, 6.45) is 13.6. The molecule has 2 nitrogen and oxygen atoms in total. The van der Waals surface area contributed by atoms with Crippen molar-refractivity contribution in [2.45, 2.75) is 83.8 Å². The Morgan fingerprint density at radius 3 is 2.21 bits per heavy atom. The van der Waals surface area contributed by atoms with Gasteiger partial charge < -0.3 is 9.47 Å². The van der Waals surface area contributed by atoms with Gasteiger partial charge in [-0.1, -0.05) is 51.5 Å². The summed E-state index contributed by atoms with van der Waals surface area (Å²) in [5.74, 6) is 0. The number of unbranched alkanes of at least 4 members (excludes halogenated alkanes) is 5. The summed E-state index contributed by atoms with van der Waals surface area (Å²) in [4.78, 5) is 0. The monoisotopic (exact) mass is 270 g/mol. The predicted octanol–water partition coefficient (Wildman–Crippen LogP) is 5.12. The number of hydrogen-bond acceptors (Lipinski definition) is 2. The molecule has 0 rings (SSSR count). The van der Waals surface area contributed by atoms with E-state index in [9.17, 15) is 0 Å². The molecule has 0 spiro atoms. The van der Waals surface area contributed by atoms with Gasteiger partial charge in [0.05, 0.1) is 12.2 Å². The molecular weight excluding hydrogens is 236 g/mol. The lowest BCUT2D eigenvalue weighted by Gasteiger charge is -2.25. The van der Waals surface area contributed by atoms with Crippen molar-refractivity contribution in [1.82, 2.24) is 0 Å². The molecule has 2 unspecified atom stereocenters. The van der Waals surface area contributed by atoms with E-state index < -0.39 is 0 Å². The highest BCUT2D eigenvalue weighted by molar-refractivity contribution is 4.76. The quantitative estimate of drug-likeness (QED) is 0.322. The van der Waals surface area contributed by atoms with Crippen LogP contribution >= 0.6 is 0 Å². The van der Waals surface area contributed by atoms with Gasteiger partial charge in [-0.05, 0) is 26.2 Å². The Hall–Kier alpha value is -0.340. The molecular formula is C17H34O2. The van der Waals surface area contributed by atoms with Gasteiger partial charge in [-0.2, -0.15) is 0 Å². The molecule has 0 fully saturated rings. The van der Waals surface area contributed by atoms with Crippen molar-refractivity contribution in [2.24, 2.45) is 0 Å². The van der Waals surface area contributed by atoms with E-state index in [2.05, 4.69) is 20.4 Å². The molecule has 2 heteroatoms. The lowest BCUT2D eigenvalue weighted by atomic mass is 10.0. The number of methoxy groups -OCH3 is 1. The van der Waals surface area contributed by atoms with E-state index in [0.29, 0.717) is 0 Å². The molecule has 0 bridgehead atoms. The van der Waals surface area contributed by atoms with E-state index >= 15 is 0 Å². The summed E-state index contributed by atoms with van der Waals surface area (Å²) in [6.45, 7) is 8.86. The maximum Gasteiger partial charge on any atom is 0.0839 e. The van der Waals surface area contributed by atoms with E-state index in [4.69, 9.17) is 9.47 Å². The molecule has 0 aliphatic heterocycles. The standard InChI is InChI=1S/C17H34O2/c1-5-8-10-11-12-13-15-16(18-4)17(19-7-3)14-9-6-2/h6,16-17H,2,5,7-15H2,1,3-4H3. The molecule has 0 aromatic rings. The molecule has 2 atom stereocenters. The Balaban J connectivity index is 3.88. The van der Waals surface area contributed by atoms with Crippen LogP contribution in [0.15, 0.2) is 12.7 Å². The van der Waals surface area contributed by atoms with Crippen molar-refractivity contribution in [2.75, 3.05) is 13.7 Å². The van der Waals surface area contributed by atoms with Gasteiger partial charge in [0.15, 0.2) is 0 Å². The first kappa shape index (κ1) is 18.7. The zero-order chi connectivity index (χ0) is 14.3. The van der Waals surface area contributed by atoms with Crippen LogP contribution in [0, 0.1) is 0 Å². The summed E-state index contributed by atoms with van der Waals surface area (Å²) in [5.41, 5.74) is 0. The van der Waals surface area contributed by atoms with E-state index in [0.717, 1.165) is 25.9 Å². The first-order valence-corrected chi connectivity index (χ1v) is 8.05. The van der Waals surface area contributed by atoms with Gasteiger partial charge in [0.25, 0.3) is 0 Å². The molecule has 0 heterocycles. The molecule has 0 aliphatic rings. The number of ether oxygens (including phenoxy) is 2. The van der Waals surface area contributed by atoms with Gasteiger partial charge in [0.2, 0.25) is 0 Å². The average Bonchev–Trinajstić information content (AvgIpc) is 2.43. The van der Waals surface area contributed by atoms with Crippen LogP contribution in [-0.4, -0.2) is 25.9 Å². The van der Waals surface area contributed by atoms with Gasteiger partial charge >= 0.3 is 0 Å². The van der Waals surface area contributed by atoms with E-state index in [1.54, 1.807) is 0 Å². The molecule has 0 aromatic carbocycles. The minimum atomic E-state index is 0.226. The van der Waals surface area contributed by atoms with Crippen LogP contribution < -0.4 is 0 Å². The van der Waals surface area contributed by atoms with Crippen LogP contribution in [0.3, 0.4) is 0 Å². The minimum Gasteiger partial charge on any atom is -0.379 e. The second kappa shape index (κ2) is 14.1. The fourth-order valence-corrected chi connectivity index (χ4v) is 2.45.